The van der Waals surface area contributed by atoms with Crippen LogP contribution in [0.4, 0.5) is 0 Å². The normalized spacial score (nSPS) is 13.4. The van der Waals surface area contributed by atoms with Gasteiger partial charge in [-0.3, -0.25) is 4.79 Å². The molecule has 104 valence electrons. The molecule has 4 heteroatoms. The lowest BCUT2D eigenvalue weighted by Crippen LogP contribution is -2.04. The monoisotopic (exact) mass is 270 g/mol. The van der Waals surface area contributed by atoms with Crippen LogP contribution in [0.5, 0.6) is 0 Å². The molecule has 1 aromatic heterocycles. The molecule has 4 nitrogen and oxygen atoms in total. The lowest BCUT2D eigenvalue weighted by Gasteiger charge is -2.02. The van der Waals surface area contributed by atoms with Gasteiger partial charge in [0.2, 0.25) is 0 Å². The number of hydrogen-bond acceptors (Lipinski definition) is 2. The maximum atomic E-state index is 10.7. The number of carboxylic acids is 1. The average Bonchev–Trinajstić information content (AvgIpc) is 3.01. The van der Waals surface area contributed by atoms with Crippen molar-refractivity contribution in [3.05, 3.63) is 41.3 Å². The molecule has 0 saturated carbocycles. The van der Waals surface area contributed by atoms with Gasteiger partial charge in [0, 0.05) is 18.3 Å². The van der Waals surface area contributed by atoms with Crippen molar-refractivity contribution < 1.29 is 9.90 Å². The van der Waals surface area contributed by atoms with Crippen molar-refractivity contribution in [3.8, 4) is 11.3 Å². The molecule has 0 spiro atoms. The van der Waals surface area contributed by atoms with E-state index in [-0.39, 0.29) is 6.42 Å². The summed E-state index contributed by atoms with van der Waals surface area (Å²) in [6, 6.07) is 6.54. The number of aliphatic carboxylic acids is 1. The van der Waals surface area contributed by atoms with Crippen LogP contribution in [0.15, 0.2) is 24.4 Å². The second kappa shape index (κ2) is 5.12. The maximum Gasteiger partial charge on any atom is 0.305 e. The van der Waals surface area contributed by atoms with Crippen LogP contribution in [0.1, 0.15) is 29.8 Å². The standard InChI is InChI=1S/C16H18N2O2/c1-11-17-15(10-18(11)8-7-16(19)20)14-6-5-12-3-2-4-13(12)9-14/h5-6,9-10H,2-4,7-8H2,1H3,(H,19,20). The minimum atomic E-state index is -0.780. The molecular weight excluding hydrogens is 252 g/mol. The van der Waals surface area contributed by atoms with E-state index in [1.54, 1.807) is 0 Å². The Hall–Kier alpha value is -2.10. The summed E-state index contributed by atoms with van der Waals surface area (Å²) in [6.07, 6.45) is 5.66. The van der Waals surface area contributed by atoms with Crippen LogP contribution >= 0.6 is 0 Å². The predicted octanol–water partition coefficient (Wildman–Crippen LogP) is 2.82. The lowest BCUT2D eigenvalue weighted by molar-refractivity contribution is -0.137. The van der Waals surface area contributed by atoms with E-state index in [4.69, 9.17) is 5.11 Å². The maximum absolute atomic E-state index is 10.7. The largest absolute Gasteiger partial charge is 0.481 e. The number of carbonyl (C=O) groups is 1. The zero-order valence-electron chi connectivity index (χ0n) is 11.6. The first-order valence-electron chi connectivity index (χ1n) is 7.01. The molecule has 0 unspecified atom stereocenters. The third kappa shape index (κ3) is 2.46. The molecule has 0 amide bonds. The number of aryl methyl sites for hydroxylation is 4. The summed E-state index contributed by atoms with van der Waals surface area (Å²) < 4.78 is 1.91. The molecule has 20 heavy (non-hydrogen) atoms. The SMILES string of the molecule is Cc1nc(-c2ccc3c(c2)CCC3)cn1CCC(=O)O. The van der Waals surface area contributed by atoms with E-state index in [0.717, 1.165) is 23.5 Å². The molecule has 0 fully saturated rings. The van der Waals surface area contributed by atoms with E-state index in [1.807, 2.05) is 17.7 Å². The molecule has 1 N–H and O–H groups in total. The van der Waals surface area contributed by atoms with E-state index < -0.39 is 5.97 Å². The number of aromatic nitrogens is 2. The van der Waals surface area contributed by atoms with Crippen molar-refractivity contribution in [3.63, 3.8) is 0 Å². The summed E-state index contributed by atoms with van der Waals surface area (Å²) in [4.78, 5) is 15.2. The first-order chi connectivity index (χ1) is 9.63. The summed E-state index contributed by atoms with van der Waals surface area (Å²) in [5.41, 5.74) is 4.95. The Morgan fingerprint density at radius 1 is 1.35 bits per heavy atom. The van der Waals surface area contributed by atoms with Crippen molar-refractivity contribution in [1.82, 2.24) is 9.55 Å². The molecule has 3 rings (SSSR count). The molecule has 0 saturated heterocycles. The molecule has 0 bridgehead atoms. The van der Waals surface area contributed by atoms with Gasteiger partial charge in [-0.05, 0) is 43.4 Å². The van der Waals surface area contributed by atoms with Crippen LogP contribution in [0.2, 0.25) is 0 Å². The molecule has 1 aliphatic rings. The molecule has 1 heterocycles. The number of nitrogens with zero attached hydrogens (tertiary/aromatic N) is 2. The average molecular weight is 270 g/mol. The Kier molecular flexibility index (Phi) is 3.30. The molecule has 1 aromatic carbocycles. The van der Waals surface area contributed by atoms with Crippen LogP contribution in [0.25, 0.3) is 11.3 Å². The van der Waals surface area contributed by atoms with E-state index in [1.165, 1.54) is 24.0 Å². The van der Waals surface area contributed by atoms with Gasteiger partial charge >= 0.3 is 5.97 Å². The molecular formula is C16H18N2O2. The van der Waals surface area contributed by atoms with Gasteiger partial charge in [0.1, 0.15) is 5.82 Å². The molecule has 1 aliphatic carbocycles. The summed E-state index contributed by atoms with van der Waals surface area (Å²) >= 11 is 0. The Labute approximate surface area is 118 Å². The Bertz CT molecular complexity index is 658. The van der Waals surface area contributed by atoms with Crippen LogP contribution in [-0.4, -0.2) is 20.6 Å². The fourth-order valence-electron chi connectivity index (χ4n) is 2.82. The van der Waals surface area contributed by atoms with Gasteiger partial charge in [0.25, 0.3) is 0 Å². The van der Waals surface area contributed by atoms with E-state index >= 15 is 0 Å². The summed E-state index contributed by atoms with van der Waals surface area (Å²) in [7, 11) is 0. The summed E-state index contributed by atoms with van der Waals surface area (Å²) in [6.45, 7) is 2.39. The van der Waals surface area contributed by atoms with Gasteiger partial charge in [-0.15, -0.1) is 0 Å². The van der Waals surface area contributed by atoms with Crippen molar-refractivity contribution in [2.24, 2.45) is 0 Å². The van der Waals surface area contributed by atoms with Crippen LogP contribution in [-0.2, 0) is 24.2 Å². The minimum Gasteiger partial charge on any atom is -0.481 e. The third-order valence-corrected chi connectivity index (χ3v) is 3.94. The third-order valence-electron chi connectivity index (χ3n) is 3.94. The van der Waals surface area contributed by atoms with Crippen molar-refractivity contribution in [2.75, 3.05) is 0 Å². The van der Waals surface area contributed by atoms with Crippen molar-refractivity contribution in [1.29, 1.82) is 0 Å². The number of imidazole rings is 1. The molecule has 0 atom stereocenters. The smallest absolute Gasteiger partial charge is 0.305 e. The highest BCUT2D eigenvalue weighted by Crippen LogP contribution is 2.27. The Morgan fingerprint density at radius 3 is 2.95 bits per heavy atom. The Balaban J connectivity index is 1.87. The number of benzene rings is 1. The highest BCUT2D eigenvalue weighted by molar-refractivity contribution is 5.66. The second-order valence-corrected chi connectivity index (χ2v) is 5.35. The zero-order valence-corrected chi connectivity index (χ0v) is 11.6. The quantitative estimate of drug-likeness (QED) is 0.929. The number of rotatable bonds is 4. The molecule has 0 aliphatic heterocycles. The fourth-order valence-corrected chi connectivity index (χ4v) is 2.82. The Morgan fingerprint density at radius 2 is 2.15 bits per heavy atom. The van der Waals surface area contributed by atoms with Gasteiger partial charge < -0.3 is 9.67 Å². The van der Waals surface area contributed by atoms with Gasteiger partial charge in [-0.25, -0.2) is 4.98 Å². The van der Waals surface area contributed by atoms with Crippen molar-refractivity contribution in [2.45, 2.75) is 39.2 Å². The molecule has 2 aromatic rings. The van der Waals surface area contributed by atoms with Gasteiger partial charge in [0.15, 0.2) is 0 Å². The number of hydrogen-bond donors (Lipinski definition) is 1. The summed E-state index contributed by atoms with van der Waals surface area (Å²) in [5, 5.41) is 8.76. The summed E-state index contributed by atoms with van der Waals surface area (Å²) in [5.74, 6) is 0.0823. The van der Waals surface area contributed by atoms with E-state index in [0.29, 0.717) is 6.54 Å². The first kappa shape index (κ1) is 12.9. The fraction of sp³-hybridized carbons (Fsp3) is 0.375. The van der Waals surface area contributed by atoms with Gasteiger partial charge in [-0.2, -0.15) is 0 Å². The van der Waals surface area contributed by atoms with Crippen molar-refractivity contribution >= 4 is 5.97 Å². The van der Waals surface area contributed by atoms with Gasteiger partial charge in [-0.1, -0.05) is 12.1 Å². The zero-order chi connectivity index (χ0) is 14.1. The topological polar surface area (TPSA) is 55.1 Å². The highest BCUT2D eigenvalue weighted by Gasteiger charge is 2.13. The van der Waals surface area contributed by atoms with E-state index in [2.05, 4.69) is 23.2 Å². The van der Waals surface area contributed by atoms with Crippen LogP contribution < -0.4 is 0 Å². The highest BCUT2D eigenvalue weighted by atomic mass is 16.4. The predicted molar refractivity (Wildman–Crippen MR) is 76.7 cm³/mol. The van der Waals surface area contributed by atoms with Gasteiger partial charge in [0.05, 0.1) is 12.1 Å². The first-order valence-corrected chi connectivity index (χ1v) is 7.01. The number of carboxylic acid groups (broad SMARTS) is 1. The van der Waals surface area contributed by atoms with Crippen LogP contribution in [0.3, 0.4) is 0 Å². The minimum absolute atomic E-state index is 0.126. The molecule has 0 radical (unpaired) electrons. The van der Waals surface area contributed by atoms with Crippen LogP contribution in [0, 0.1) is 6.92 Å². The van der Waals surface area contributed by atoms with E-state index in [9.17, 15) is 4.79 Å². The second-order valence-electron chi connectivity index (χ2n) is 5.35. The number of fused-ring (bicyclic) bond motifs is 1. The lowest BCUT2D eigenvalue weighted by atomic mass is 10.0.